The molecule has 1 aromatic heterocycles. The lowest BCUT2D eigenvalue weighted by molar-refractivity contribution is 0.416. The van der Waals surface area contributed by atoms with Crippen molar-refractivity contribution in [3.63, 3.8) is 0 Å². The van der Waals surface area contributed by atoms with Crippen molar-refractivity contribution < 1.29 is 9.47 Å². The smallest absolute Gasteiger partial charge is 0.128 e. The van der Waals surface area contributed by atoms with Crippen LogP contribution in [0.15, 0.2) is 84.9 Å². The van der Waals surface area contributed by atoms with Crippen LogP contribution in [0.3, 0.4) is 0 Å². The first-order valence-corrected chi connectivity index (χ1v) is 11.3. The lowest BCUT2D eigenvalue weighted by Crippen LogP contribution is -2.19. The number of rotatable bonds is 8. The van der Waals surface area contributed by atoms with Gasteiger partial charge in [-0.1, -0.05) is 36.4 Å². The van der Waals surface area contributed by atoms with Crippen LogP contribution in [0.2, 0.25) is 0 Å². The molecule has 0 spiro atoms. The Hall–Kier alpha value is -3.50. The number of pyridine rings is 1. The van der Waals surface area contributed by atoms with Gasteiger partial charge in [-0.2, -0.15) is 0 Å². The van der Waals surface area contributed by atoms with Gasteiger partial charge in [-0.15, -0.1) is 11.6 Å². The molecule has 0 saturated heterocycles. The number of methoxy groups -OCH3 is 2. The van der Waals surface area contributed by atoms with Gasteiger partial charge in [0.1, 0.15) is 11.5 Å². The van der Waals surface area contributed by atoms with Crippen molar-refractivity contribution in [3.05, 3.63) is 84.9 Å². The number of aromatic nitrogens is 1. The maximum absolute atomic E-state index is 5.91. The van der Waals surface area contributed by atoms with E-state index in [4.69, 9.17) is 26.1 Å². The van der Waals surface area contributed by atoms with Gasteiger partial charge in [-0.25, -0.2) is 4.98 Å². The number of nitrogens with zero attached hydrogens (tertiary/aromatic N) is 2. The Labute approximate surface area is 200 Å². The number of ether oxygens (including phenoxy) is 2. The largest absolute Gasteiger partial charge is 0.496 e. The molecule has 0 aliphatic heterocycles. The summed E-state index contributed by atoms with van der Waals surface area (Å²) < 4.78 is 11.2. The third-order valence-electron chi connectivity index (χ3n) is 5.65. The van der Waals surface area contributed by atoms with Crippen LogP contribution < -0.4 is 14.4 Å². The lowest BCUT2D eigenvalue weighted by Gasteiger charge is -2.18. The molecule has 0 atom stereocenters. The Morgan fingerprint density at radius 2 is 1.24 bits per heavy atom. The molecule has 3 aromatic carbocycles. The van der Waals surface area contributed by atoms with E-state index >= 15 is 0 Å². The third kappa shape index (κ3) is 4.96. The molecule has 1 heterocycles. The molecule has 0 radical (unpaired) electrons. The molecule has 33 heavy (non-hydrogen) atoms. The first-order valence-electron chi connectivity index (χ1n) is 10.8. The number of para-hydroxylation sites is 2. The third-order valence-corrected chi connectivity index (χ3v) is 5.82. The van der Waals surface area contributed by atoms with Crippen molar-refractivity contribution >= 4 is 17.3 Å². The van der Waals surface area contributed by atoms with Gasteiger partial charge in [0.05, 0.1) is 25.6 Å². The fourth-order valence-corrected chi connectivity index (χ4v) is 4.10. The van der Waals surface area contributed by atoms with Crippen LogP contribution >= 0.6 is 11.6 Å². The molecule has 5 heteroatoms. The summed E-state index contributed by atoms with van der Waals surface area (Å²) in [5.41, 5.74) is 6.87. The highest BCUT2D eigenvalue weighted by Gasteiger charge is 2.14. The Morgan fingerprint density at radius 3 is 1.73 bits per heavy atom. The summed E-state index contributed by atoms with van der Waals surface area (Å²) in [5.74, 6) is 2.16. The van der Waals surface area contributed by atoms with Crippen molar-refractivity contribution in [2.24, 2.45) is 0 Å². The second-order valence-corrected chi connectivity index (χ2v) is 8.06. The Morgan fingerprint density at radius 1 is 0.727 bits per heavy atom. The number of anilines is 1. The molecule has 0 unspecified atom stereocenters. The highest BCUT2D eigenvalue weighted by atomic mass is 35.5. The minimum atomic E-state index is 0.590. The zero-order valence-corrected chi connectivity index (χ0v) is 19.8. The van der Waals surface area contributed by atoms with Crippen molar-refractivity contribution in [1.29, 1.82) is 0 Å². The summed E-state index contributed by atoms with van der Waals surface area (Å²) >= 11 is 5.91. The zero-order chi connectivity index (χ0) is 23.2. The topological polar surface area (TPSA) is 34.6 Å². The molecular formula is C28H27ClN2O2. The van der Waals surface area contributed by atoms with Gasteiger partial charge in [0.2, 0.25) is 0 Å². The molecule has 168 valence electrons. The molecule has 0 saturated carbocycles. The number of halogens is 1. The maximum atomic E-state index is 5.91. The molecule has 0 bridgehead atoms. The fourth-order valence-electron chi connectivity index (χ4n) is 3.85. The predicted octanol–water partition coefficient (Wildman–Crippen LogP) is 6.77. The van der Waals surface area contributed by atoms with Crippen LogP contribution in [0.1, 0.15) is 0 Å². The molecule has 0 amide bonds. The van der Waals surface area contributed by atoms with E-state index in [0.717, 1.165) is 57.4 Å². The Balaban J connectivity index is 1.86. The summed E-state index contributed by atoms with van der Waals surface area (Å²) in [6, 6.07) is 28.6. The second kappa shape index (κ2) is 10.4. The van der Waals surface area contributed by atoms with Crippen LogP contribution in [-0.4, -0.2) is 38.7 Å². The van der Waals surface area contributed by atoms with Crippen molar-refractivity contribution in [2.75, 3.05) is 38.6 Å². The predicted molar refractivity (Wildman–Crippen MR) is 138 cm³/mol. The van der Waals surface area contributed by atoms with E-state index < -0.39 is 0 Å². The van der Waals surface area contributed by atoms with E-state index in [-0.39, 0.29) is 0 Å². The quantitative estimate of drug-likeness (QED) is 0.273. The van der Waals surface area contributed by atoms with Crippen molar-refractivity contribution in [3.8, 4) is 45.1 Å². The number of hydrogen-bond donors (Lipinski definition) is 0. The summed E-state index contributed by atoms with van der Waals surface area (Å²) in [6.07, 6.45) is 0. The van der Waals surface area contributed by atoms with Gasteiger partial charge in [-0.05, 0) is 59.7 Å². The molecule has 0 N–H and O–H groups in total. The Bertz CT molecular complexity index is 1160. The van der Waals surface area contributed by atoms with Gasteiger partial charge < -0.3 is 14.4 Å². The molecule has 0 aliphatic rings. The SMILES string of the molecule is COc1ccccc1-c1cc(-c2ccc(N(C)CCCl)cc2)cc(-c2ccccc2OC)n1. The van der Waals surface area contributed by atoms with Gasteiger partial charge in [-0.3, -0.25) is 0 Å². The molecule has 4 aromatic rings. The molecule has 4 nitrogen and oxygen atoms in total. The van der Waals surface area contributed by atoms with E-state index in [0.29, 0.717) is 5.88 Å². The van der Waals surface area contributed by atoms with Gasteiger partial charge >= 0.3 is 0 Å². The maximum Gasteiger partial charge on any atom is 0.128 e. The number of hydrogen-bond acceptors (Lipinski definition) is 4. The monoisotopic (exact) mass is 458 g/mol. The van der Waals surface area contributed by atoms with E-state index in [1.165, 1.54) is 0 Å². The standard InChI is InChI=1S/C28H27ClN2O2/c1-31(17-16-29)22-14-12-20(13-15-22)21-18-25(23-8-4-6-10-27(23)32-2)30-26(19-21)24-9-5-7-11-28(24)33-3/h4-15,18-19H,16-17H2,1-3H3. The van der Waals surface area contributed by atoms with Gasteiger partial charge in [0, 0.05) is 36.3 Å². The van der Waals surface area contributed by atoms with Crippen LogP contribution in [0.4, 0.5) is 5.69 Å². The first kappa shape index (κ1) is 22.7. The lowest BCUT2D eigenvalue weighted by atomic mass is 9.99. The van der Waals surface area contributed by atoms with Crippen LogP contribution in [-0.2, 0) is 0 Å². The minimum Gasteiger partial charge on any atom is -0.496 e. The van der Waals surface area contributed by atoms with E-state index in [1.807, 2.05) is 55.6 Å². The summed E-state index contributed by atoms with van der Waals surface area (Å²) in [7, 11) is 5.41. The molecule has 0 fully saturated rings. The molecule has 0 aliphatic carbocycles. The summed E-state index contributed by atoms with van der Waals surface area (Å²) in [6.45, 7) is 0.798. The van der Waals surface area contributed by atoms with E-state index in [9.17, 15) is 0 Å². The van der Waals surface area contributed by atoms with Crippen LogP contribution in [0.25, 0.3) is 33.6 Å². The normalized spacial score (nSPS) is 10.7. The van der Waals surface area contributed by atoms with Gasteiger partial charge in [0.15, 0.2) is 0 Å². The summed E-state index contributed by atoms with van der Waals surface area (Å²) in [4.78, 5) is 7.15. The second-order valence-electron chi connectivity index (χ2n) is 7.68. The Kier molecular flexibility index (Phi) is 7.16. The highest BCUT2D eigenvalue weighted by Crippen LogP contribution is 2.36. The highest BCUT2D eigenvalue weighted by molar-refractivity contribution is 6.18. The molecular weight excluding hydrogens is 432 g/mol. The van der Waals surface area contributed by atoms with Crippen molar-refractivity contribution in [2.45, 2.75) is 0 Å². The number of alkyl halides is 1. The average Bonchev–Trinajstić information content (AvgIpc) is 2.88. The first-order chi connectivity index (χ1) is 16.1. The van der Waals surface area contributed by atoms with E-state index in [2.05, 4.69) is 41.3 Å². The van der Waals surface area contributed by atoms with Crippen LogP contribution in [0, 0.1) is 0 Å². The number of benzene rings is 3. The zero-order valence-electron chi connectivity index (χ0n) is 19.1. The molecule has 4 rings (SSSR count). The average molecular weight is 459 g/mol. The summed E-state index contributed by atoms with van der Waals surface area (Å²) in [5, 5.41) is 0. The van der Waals surface area contributed by atoms with Crippen LogP contribution in [0.5, 0.6) is 11.5 Å². The van der Waals surface area contributed by atoms with Crippen molar-refractivity contribution in [1.82, 2.24) is 4.98 Å². The minimum absolute atomic E-state index is 0.590. The van der Waals surface area contributed by atoms with Gasteiger partial charge in [0.25, 0.3) is 0 Å². The van der Waals surface area contributed by atoms with E-state index in [1.54, 1.807) is 14.2 Å². The fraction of sp³-hybridized carbons (Fsp3) is 0.179.